The molecule has 2 aromatic rings. The van der Waals surface area contributed by atoms with Crippen molar-refractivity contribution in [3.63, 3.8) is 0 Å². The van der Waals surface area contributed by atoms with E-state index < -0.39 is 0 Å². The molecular weight excluding hydrogens is 150 g/mol. The van der Waals surface area contributed by atoms with Crippen molar-refractivity contribution < 1.29 is 0 Å². The van der Waals surface area contributed by atoms with E-state index in [9.17, 15) is 0 Å². The highest BCUT2D eigenvalue weighted by Gasteiger charge is 2.01. The molecule has 0 bridgehead atoms. The Morgan fingerprint density at radius 2 is 2.25 bits per heavy atom. The Hall–Kier alpha value is -1.64. The summed E-state index contributed by atoms with van der Waals surface area (Å²) in [6, 6.07) is 1.95. The normalized spacial score (nSPS) is 10.1. The molecule has 2 heterocycles. The molecule has 2 rings (SSSR count). The lowest BCUT2D eigenvalue weighted by Crippen LogP contribution is -1.85. The quantitative estimate of drug-likeness (QED) is 0.689. The van der Waals surface area contributed by atoms with Crippen molar-refractivity contribution in [1.29, 1.82) is 0 Å². The van der Waals surface area contributed by atoms with E-state index in [0.717, 1.165) is 17.0 Å². The van der Waals surface area contributed by atoms with Gasteiger partial charge in [-0.15, -0.1) is 0 Å². The summed E-state index contributed by atoms with van der Waals surface area (Å²) in [5.41, 5.74) is 2.24. The van der Waals surface area contributed by atoms with E-state index >= 15 is 0 Å². The Morgan fingerprint density at radius 1 is 1.33 bits per heavy atom. The van der Waals surface area contributed by atoms with Crippen LogP contribution in [-0.2, 0) is 0 Å². The SMILES string of the molecule is Cc1cnccc1-c1ncc[nH]1. The van der Waals surface area contributed by atoms with Crippen molar-refractivity contribution in [2.75, 3.05) is 0 Å². The zero-order valence-corrected chi connectivity index (χ0v) is 6.78. The lowest BCUT2D eigenvalue weighted by molar-refractivity contribution is 1.23. The maximum absolute atomic E-state index is 4.16. The van der Waals surface area contributed by atoms with E-state index in [-0.39, 0.29) is 0 Å². The molecule has 0 radical (unpaired) electrons. The number of H-pyrrole nitrogens is 1. The Morgan fingerprint density at radius 3 is 2.92 bits per heavy atom. The van der Waals surface area contributed by atoms with Gasteiger partial charge in [-0.05, 0) is 18.6 Å². The minimum Gasteiger partial charge on any atom is -0.345 e. The summed E-state index contributed by atoms with van der Waals surface area (Å²) in [7, 11) is 0. The first-order valence-electron chi connectivity index (χ1n) is 3.78. The smallest absolute Gasteiger partial charge is 0.137 e. The van der Waals surface area contributed by atoms with Crippen LogP contribution >= 0.6 is 0 Å². The number of nitrogens with one attached hydrogen (secondary N) is 1. The summed E-state index contributed by atoms with van der Waals surface area (Å²) in [6.45, 7) is 2.02. The van der Waals surface area contributed by atoms with Gasteiger partial charge < -0.3 is 4.98 Å². The van der Waals surface area contributed by atoms with Gasteiger partial charge in [-0.1, -0.05) is 0 Å². The number of nitrogens with zero attached hydrogens (tertiary/aromatic N) is 2. The third-order valence-electron chi connectivity index (χ3n) is 1.77. The molecule has 60 valence electrons. The first-order chi connectivity index (χ1) is 5.88. The topological polar surface area (TPSA) is 41.6 Å². The van der Waals surface area contributed by atoms with Crippen LogP contribution in [-0.4, -0.2) is 15.0 Å². The Labute approximate surface area is 70.5 Å². The third kappa shape index (κ3) is 1.09. The van der Waals surface area contributed by atoms with E-state index in [1.807, 2.05) is 25.4 Å². The monoisotopic (exact) mass is 159 g/mol. The number of imidazole rings is 1. The Balaban J connectivity index is 2.55. The van der Waals surface area contributed by atoms with Gasteiger partial charge in [0.05, 0.1) is 0 Å². The minimum atomic E-state index is 0.898. The number of rotatable bonds is 1. The number of hydrogen-bond donors (Lipinski definition) is 1. The molecule has 0 amide bonds. The standard InChI is InChI=1S/C9H9N3/c1-7-6-10-3-2-8(7)9-11-4-5-12-9/h2-6H,1H3,(H,11,12). The number of aromatic amines is 1. The highest BCUT2D eigenvalue weighted by molar-refractivity contribution is 5.58. The van der Waals surface area contributed by atoms with Crippen LogP contribution in [0, 0.1) is 6.92 Å². The summed E-state index contributed by atoms with van der Waals surface area (Å²) in [5, 5.41) is 0. The average molecular weight is 159 g/mol. The molecule has 0 saturated heterocycles. The van der Waals surface area contributed by atoms with Crippen LogP contribution in [0.25, 0.3) is 11.4 Å². The zero-order chi connectivity index (χ0) is 8.39. The lowest BCUT2D eigenvalue weighted by atomic mass is 10.1. The summed E-state index contributed by atoms with van der Waals surface area (Å²) in [5.74, 6) is 0.898. The van der Waals surface area contributed by atoms with Crippen LogP contribution in [0.1, 0.15) is 5.56 Å². The molecule has 0 aliphatic carbocycles. The molecule has 1 N–H and O–H groups in total. The number of aromatic nitrogens is 3. The van der Waals surface area contributed by atoms with Crippen molar-refractivity contribution >= 4 is 0 Å². The molecule has 0 unspecified atom stereocenters. The maximum Gasteiger partial charge on any atom is 0.137 e. The van der Waals surface area contributed by atoms with Gasteiger partial charge in [0.2, 0.25) is 0 Å². The average Bonchev–Trinajstić information content (AvgIpc) is 2.57. The van der Waals surface area contributed by atoms with Gasteiger partial charge in [0.25, 0.3) is 0 Å². The van der Waals surface area contributed by atoms with Crippen LogP contribution < -0.4 is 0 Å². The van der Waals surface area contributed by atoms with E-state index in [0.29, 0.717) is 0 Å². The van der Waals surface area contributed by atoms with Gasteiger partial charge in [-0.2, -0.15) is 0 Å². The molecule has 0 atom stereocenters. The highest BCUT2D eigenvalue weighted by atomic mass is 14.9. The molecule has 3 heteroatoms. The van der Waals surface area contributed by atoms with Crippen LogP contribution in [0.5, 0.6) is 0 Å². The zero-order valence-electron chi connectivity index (χ0n) is 6.78. The third-order valence-corrected chi connectivity index (χ3v) is 1.77. The molecule has 2 aromatic heterocycles. The van der Waals surface area contributed by atoms with Crippen LogP contribution in [0.15, 0.2) is 30.9 Å². The second kappa shape index (κ2) is 2.77. The molecule has 12 heavy (non-hydrogen) atoms. The van der Waals surface area contributed by atoms with E-state index in [1.54, 1.807) is 12.4 Å². The van der Waals surface area contributed by atoms with Gasteiger partial charge in [-0.3, -0.25) is 4.98 Å². The summed E-state index contributed by atoms with van der Waals surface area (Å²) >= 11 is 0. The summed E-state index contributed by atoms with van der Waals surface area (Å²) in [4.78, 5) is 11.2. The first kappa shape index (κ1) is 7.03. The summed E-state index contributed by atoms with van der Waals surface area (Å²) < 4.78 is 0. The maximum atomic E-state index is 4.16. The highest BCUT2D eigenvalue weighted by Crippen LogP contribution is 2.16. The fraction of sp³-hybridized carbons (Fsp3) is 0.111. The number of hydrogen-bond acceptors (Lipinski definition) is 2. The van der Waals surface area contributed by atoms with E-state index in [1.165, 1.54) is 0 Å². The van der Waals surface area contributed by atoms with Gasteiger partial charge in [-0.25, -0.2) is 4.98 Å². The lowest BCUT2D eigenvalue weighted by Gasteiger charge is -1.99. The molecule has 0 saturated carbocycles. The Kier molecular flexibility index (Phi) is 1.63. The van der Waals surface area contributed by atoms with Crippen molar-refractivity contribution in [2.24, 2.45) is 0 Å². The molecule has 0 aromatic carbocycles. The molecular formula is C9H9N3. The fourth-order valence-electron chi connectivity index (χ4n) is 1.15. The minimum absolute atomic E-state index is 0.898. The van der Waals surface area contributed by atoms with Crippen LogP contribution in [0.4, 0.5) is 0 Å². The van der Waals surface area contributed by atoms with Crippen LogP contribution in [0.3, 0.4) is 0 Å². The first-order valence-corrected chi connectivity index (χ1v) is 3.78. The predicted molar refractivity (Wildman–Crippen MR) is 46.6 cm³/mol. The van der Waals surface area contributed by atoms with Gasteiger partial charge in [0.1, 0.15) is 5.82 Å². The number of pyridine rings is 1. The van der Waals surface area contributed by atoms with Gasteiger partial charge in [0, 0.05) is 30.4 Å². The largest absolute Gasteiger partial charge is 0.345 e. The van der Waals surface area contributed by atoms with Gasteiger partial charge in [0.15, 0.2) is 0 Å². The van der Waals surface area contributed by atoms with E-state index in [2.05, 4.69) is 15.0 Å². The molecule has 0 spiro atoms. The van der Waals surface area contributed by atoms with Crippen molar-refractivity contribution in [2.45, 2.75) is 6.92 Å². The van der Waals surface area contributed by atoms with Gasteiger partial charge >= 0.3 is 0 Å². The molecule has 3 nitrogen and oxygen atoms in total. The second-order valence-corrected chi connectivity index (χ2v) is 2.63. The predicted octanol–water partition coefficient (Wildman–Crippen LogP) is 1.78. The molecule has 0 aliphatic heterocycles. The summed E-state index contributed by atoms with van der Waals surface area (Å²) in [6.07, 6.45) is 7.16. The van der Waals surface area contributed by atoms with Crippen molar-refractivity contribution in [1.82, 2.24) is 15.0 Å². The molecule has 0 aliphatic rings. The fourth-order valence-corrected chi connectivity index (χ4v) is 1.15. The number of aryl methyl sites for hydroxylation is 1. The Bertz CT molecular complexity index is 365. The molecule has 0 fully saturated rings. The van der Waals surface area contributed by atoms with Crippen LogP contribution in [0.2, 0.25) is 0 Å². The van der Waals surface area contributed by atoms with E-state index in [4.69, 9.17) is 0 Å². The second-order valence-electron chi connectivity index (χ2n) is 2.63. The van der Waals surface area contributed by atoms with Crippen molar-refractivity contribution in [3.05, 3.63) is 36.4 Å². The van der Waals surface area contributed by atoms with Crippen molar-refractivity contribution in [3.8, 4) is 11.4 Å².